The lowest BCUT2D eigenvalue weighted by molar-refractivity contribution is 0.0781. The molecule has 0 unspecified atom stereocenters. The number of carbonyl (C=O) groups is 1. The van der Waals surface area contributed by atoms with Crippen molar-refractivity contribution in [1.82, 2.24) is 14.5 Å². The van der Waals surface area contributed by atoms with Gasteiger partial charge in [0.05, 0.1) is 17.9 Å². The number of piperidine rings is 1. The van der Waals surface area contributed by atoms with Gasteiger partial charge >= 0.3 is 0 Å². The number of anilines is 1. The number of rotatable bonds is 3. The standard InChI is InChI=1S/C18H24N4O4S/c1-20-10-8-14-16(18(20)23)13-6-7-15(19-17(13)21(14)2)22-9-4-5-12(11-22)26-27(3,24)25/h6-7,12H,4-5,8-11H2,1-3H3/t12-/m0/s1. The summed E-state index contributed by atoms with van der Waals surface area (Å²) in [4.78, 5) is 21.2. The van der Waals surface area contributed by atoms with Crippen LogP contribution in [0.2, 0.25) is 0 Å². The highest BCUT2D eigenvalue weighted by atomic mass is 32.2. The van der Waals surface area contributed by atoms with Crippen molar-refractivity contribution < 1.29 is 17.4 Å². The number of amides is 1. The molecule has 0 aliphatic carbocycles. The van der Waals surface area contributed by atoms with Gasteiger partial charge in [-0.3, -0.25) is 8.98 Å². The molecule has 2 aliphatic heterocycles. The van der Waals surface area contributed by atoms with E-state index in [-0.39, 0.29) is 12.0 Å². The Morgan fingerprint density at radius 2 is 2.00 bits per heavy atom. The maximum absolute atomic E-state index is 12.6. The first kappa shape index (κ1) is 18.2. The van der Waals surface area contributed by atoms with Gasteiger partial charge in [-0.2, -0.15) is 8.42 Å². The van der Waals surface area contributed by atoms with E-state index in [1.807, 2.05) is 30.8 Å². The molecule has 1 atom stereocenters. The number of hydrogen-bond donors (Lipinski definition) is 0. The largest absolute Gasteiger partial charge is 0.354 e. The Bertz CT molecular complexity index is 1010. The zero-order valence-corrected chi connectivity index (χ0v) is 16.6. The third-order valence-electron chi connectivity index (χ3n) is 5.40. The van der Waals surface area contributed by atoms with Gasteiger partial charge in [0.25, 0.3) is 16.0 Å². The van der Waals surface area contributed by atoms with Gasteiger partial charge in [0, 0.05) is 51.2 Å². The molecule has 146 valence electrons. The molecule has 2 aliphatic rings. The molecule has 4 rings (SSSR count). The van der Waals surface area contributed by atoms with Gasteiger partial charge in [0.15, 0.2) is 0 Å². The van der Waals surface area contributed by atoms with Gasteiger partial charge in [-0.05, 0) is 25.0 Å². The SMILES string of the molecule is CN1CCc2c(c3ccc(N4CCC[C@H](OS(C)(=O)=O)C4)nc3n2C)C1=O. The normalized spacial score (nSPS) is 21.0. The molecule has 0 aromatic carbocycles. The van der Waals surface area contributed by atoms with E-state index in [0.717, 1.165) is 53.8 Å². The number of carbonyl (C=O) groups excluding carboxylic acids is 1. The van der Waals surface area contributed by atoms with Crippen molar-refractivity contribution in [2.45, 2.75) is 25.4 Å². The molecule has 1 amide bonds. The van der Waals surface area contributed by atoms with Crippen LogP contribution in [0.15, 0.2) is 12.1 Å². The molecule has 0 radical (unpaired) electrons. The first-order chi connectivity index (χ1) is 12.7. The van der Waals surface area contributed by atoms with E-state index < -0.39 is 10.1 Å². The van der Waals surface area contributed by atoms with E-state index in [1.54, 1.807) is 4.90 Å². The molecule has 9 heteroatoms. The number of likely N-dealkylation sites (N-methyl/N-ethyl adjacent to an activating group) is 1. The summed E-state index contributed by atoms with van der Waals surface area (Å²) in [6.07, 6.45) is 3.09. The summed E-state index contributed by atoms with van der Waals surface area (Å²) >= 11 is 0. The van der Waals surface area contributed by atoms with Crippen LogP contribution in [-0.2, 0) is 27.8 Å². The smallest absolute Gasteiger partial charge is 0.264 e. The summed E-state index contributed by atoms with van der Waals surface area (Å²) in [6.45, 7) is 1.99. The van der Waals surface area contributed by atoms with Crippen molar-refractivity contribution in [1.29, 1.82) is 0 Å². The maximum Gasteiger partial charge on any atom is 0.264 e. The third kappa shape index (κ3) is 3.29. The van der Waals surface area contributed by atoms with Crippen molar-refractivity contribution in [3.63, 3.8) is 0 Å². The second kappa shape index (κ2) is 6.49. The van der Waals surface area contributed by atoms with Crippen LogP contribution >= 0.6 is 0 Å². The van der Waals surface area contributed by atoms with Gasteiger partial charge < -0.3 is 14.4 Å². The minimum absolute atomic E-state index is 0.0380. The first-order valence-electron chi connectivity index (χ1n) is 9.11. The number of fused-ring (bicyclic) bond motifs is 3. The van der Waals surface area contributed by atoms with E-state index in [4.69, 9.17) is 9.17 Å². The lowest BCUT2D eigenvalue weighted by Crippen LogP contribution is -2.40. The van der Waals surface area contributed by atoms with Gasteiger partial charge in [-0.15, -0.1) is 0 Å². The molecule has 0 N–H and O–H groups in total. The van der Waals surface area contributed by atoms with Gasteiger partial charge in [-0.25, -0.2) is 4.98 Å². The highest BCUT2D eigenvalue weighted by Crippen LogP contribution is 2.31. The molecular weight excluding hydrogens is 368 g/mol. The Hall–Kier alpha value is -2.13. The Morgan fingerprint density at radius 1 is 1.22 bits per heavy atom. The average Bonchev–Trinajstić information content (AvgIpc) is 2.89. The summed E-state index contributed by atoms with van der Waals surface area (Å²) < 4.78 is 30.1. The predicted octanol–water partition coefficient (Wildman–Crippen LogP) is 1.15. The fraction of sp³-hybridized carbons (Fsp3) is 0.556. The monoisotopic (exact) mass is 392 g/mol. The van der Waals surface area contributed by atoms with E-state index >= 15 is 0 Å². The topological polar surface area (TPSA) is 84.7 Å². The summed E-state index contributed by atoms with van der Waals surface area (Å²) in [7, 11) is 0.290. The zero-order chi connectivity index (χ0) is 19.3. The molecule has 0 bridgehead atoms. The molecule has 0 spiro atoms. The summed E-state index contributed by atoms with van der Waals surface area (Å²) in [6, 6.07) is 3.86. The summed E-state index contributed by atoms with van der Waals surface area (Å²) in [5, 5.41) is 0.869. The fourth-order valence-corrected chi connectivity index (χ4v) is 4.74. The predicted molar refractivity (Wildman–Crippen MR) is 103 cm³/mol. The summed E-state index contributed by atoms with van der Waals surface area (Å²) in [5.74, 6) is 0.819. The molecule has 2 aromatic rings. The minimum atomic E-state index is -3.48. The van der Waals surface area contributed by atoms with Gasteiger partial charge in [0.2, 0.25) is 0 Å². The Kier molecular flexibility index (Phi) is 4.38. The Morgan fingerprint density at radius 3 is 2.74 bits per heavy atom. The minimum Gasteiger partial charge on any atom is -0.354 e. The lowest BCUT2D eigenvalue weighted by Gasteiger charge is -2.32. The second-order valence-corrected chi connectivity index (χ2v) is 9.01. The zero-order valence-electron chi connectivity index (χ0n) is 15.8. The van der Waals surface area contributed by atoms with Crippen LogP contribution in [-0.4, -0.2) is 67.8 Å². The molecule has 8 nitrogen and oxygen atoms in total. The van der Waals surface area contributed by atoms with Crippen LogP contribution in [0.25, 0.3) is 11.0 Å². The number of aromatic nitrogens is 2. The van der Waals surface area contributed by atoms with Crippen LogP contribution in [0.1, 0.15) is 28.9 Å². The van der Waals surface area contributed by atoms with E-state index in [9.17, 15) is 13.2 Å². The van der Waals surface area contributed by atoms with Gasteiger partial charge in [0.1, 0.15) is 11.5 Å². The van der Waals surface area contributed by atoms with E-state index in [1.165, 1.54) is 0 Å². The number of hydrogen-bond acceptors (Lipinski definition) is 6. The van der Waals surface area contributed by atoms with Gasteiger partial charge in [-0.1, -0.05) is 0 Å². The highest BCUT2D eigenvalue weighted by Gasteiger charge is 2.30. The maximum atomic E-state index is 12.6. The third-order valence-corrected chi connectivity index (χ3v) is 6.02. The molecule has 4 heterocycles. The van der Waals surface area contributed by atoms with Crippen LogP contribution in [0, 0.1) is 0 Å². The van der Waals surface area contributed by atoms with E-state index in [2.05, 4.69) is 4.90 Å². The average molecular weight is 392 g/mol. The molecule has 27 heavy (non-hydrogen) atoms. The van der Waals surface area contributed by atoms with Crippen LogP contribution in [0.5, 0.6) is 0 Å². The lowest BCUT2D eigenvalue weighted by atomic mass is 10.0. The van der Waals surface area contributed by atoms with Crippen molar-refractivity contribution >= 4 is 32.9 Å². The van der Waals surface area contributed by atoms with Crippen molar-refractivity contribution in [3.8, 4) is 0 Å². The van der Waals surface area contributed by atoms with Crippen LogP contribution < -0.4 is 4.90 Å². The number of nitrogens with zero attached hydrogens (tertiary/aromatic N) is 4. The number of aryl methyl sites for hydroxylation is 1. The van der Waals surface area contributed by atoms with Crippen molar-refractivity contribution in [3.05, 3.63) is 23.4 Å². The molecule has 0 saturated carbocycles. The second-order valence-electron chi connectivity index (χ2n) is 7.41. The Labute approximate surface area is 158 Å². The Balaban J connectivity index is 1.68. The quantitative estimate of drug-likeness (QED) is 0.729. The van der Waals surface area contributed by atoms with Crippen molar-refractivity contribution in [2.24, 2.45) is 7.05 Å². The van der Waals surface area contributed by atoms with Crippen molar-refractivity contribution in [2.75, 3.05) is 37.8 Å². The van der Waals surface area contributed by atoms with Crippen LogP contribution in [0.4, 0.5) is 5.82 Å². The molecule has 1 saturated heterocycles. The highest BCUT2D eigenvalue weighted by molar-refractivity contribution is 7.86. The fourth-order valence-electron chi connectivity index (χ4n) is 4.09. The number of pyridine rings is 1. The van der Waals surface area contributed by atoms with E-state index in [0.29, 0.717) is 19.5 Å². The molecular formula is C18H24N4O4S. The summed E-state index contributed by atoms with van der Waals surface area (Å²) in [5.41, 5.74) is 2.55. The molecule has 2 aromatic heterocycles. The first-order valence-corrected chi connectivity index (χ1v) is 10.9. The van der Waals surface area contributed by atoms with Crippen LogP contribution in [0.3, 0.4) is 0 Å². The molecule has 1 fully saturated rings.